The van der Waals surface area contributed by atoms with Crippen molar-refractivity contribution in [3.8, 4) is 0 Å². The number of nitrogens with one attached hydrogen (secondary N) is 1. The molecule has 0 unspecified atom stereocenters. The van der Waals surface area contributed by atoms with Crippen LogP contribution in [0, 0.1) is 17.0 Å². The van der Waals surface area contributed by atoms with Gasteiger partial charge in [-0.15, -0.1) is 11.3 Å². The summed E-state index contributed by atoms with van der Waals surface area (Å²) < 4.78 is 0.987. The molecular weight excluding hydrogens is 288 g/mol. The van der Waals surface area contributed by atoms with Gasteiger partial charge in [0.1, 0.15) is 12.1 Å². The van der Waals surface area contributed by atoms with Gasteiger partial charge in [0, 0.05) is 18.2 Å². The summed E-state index contributed by atoms with van der Waals surface area (Å²) in [4.78, 5) is 19.0. The van der Waals surface area contributed by atoms with Crippen molar-refractivity contribution in [2.24, 2.45) is 0 Å². The maximum atomic E-state index is 11.0. The summed E-state index contributed by atoms with van der Waals surface area (Å²) in [5.41, 5.74) is 2.59. The van der Waals surface area contributed by atoms with E-state index in [9.17, 15) is 10.1 Å². The second kappa shape index (κ2) is 5.45. The molecule has 3 rings (SSSR count). The molecule has 6 nitrogen and oxygen atoms in total. The molecule has 106 valence electrons. The number of hydrogen-bond donors (Lipinski definition) is 1. The van der Waals surface area contributed by atoms with E-state index in [4.69, 9.17) is 0 Å². The third-order valence-electron chi connectivity index (χ3n) is 3.30. The van der Waals surface area contributed by atoms with E-state index < -0.39 is 0 Å². The Kier molecular flexibility index (Phi) is 3.49. The number of nitro groups is 1. The van der Waals surface area contributed by atoms with Crippen molar-refractivity contribution >= 4 is 33.1 Å². The zero-order chi connectivity index (χ0) is 14.8. The minimum absolute atomic E-state index is 0.137. The average molecular weight is 300 g/mol. The fourth-order valence-corrected chi connectivity index (χ4v) is 2.96. The fraction of sp³-hybridized carbons (Fsp3) is 0.143. The predicted molar refractivity (Wildman–Crippen MR) is 82.6 cm³/mol. The molecule has 0 aliphatic heterocycles. The highest BCUT2D eigenvalue weighted by Gasteiger charge is 2.13. The molecule has 0 spiro atoms. The second-order valence-electron chi connectivity index (χ2n) is 4.53. The minimum atomic E-state index is -0.360. The zero-order valence-corrected chi connectivity index (χ0v) is 12.1. The Balaban J connectivity index is 1.87. The third kappa shape index (κ3) is 2.55. The van der Waals surface area contributed by atoms with Crippen LogP contribution in [0.15, 0.2) is 36.0 Å². The van der Waals surface area contributed by atoms with Crippen LogP contribution in [0.4, 0.5) is 11.5 Å². The lowest BCUT2D eigenvalue weighted by molar-refractivity contribution is -0.385. The van der Waals surface area contributed by atoms with Gasteiger partial charge in [0.15, 0.2) is 0 Å². The van der Waals surface area contributed by atoms with Crippen LogP contribution in [0.2, 0.25) is 0 Å². The molecule has 0 radical (unpaired) electrons. The van der Waals surface area contributed by atoms with Crippen LogP contribution in [-0.2, 0) is 6.54 Å². The normalized spacial score (nSPS) is 10.7. The van der Waals surface area contributed by atoms with Crippen LogP contribution in [-0.4, -0.2) is 14.9 Å². The molecule has 2 aromatic heterocycles. The summed E-state index contributed by atoms with van der Waals surface area (Å²) in [7, 11) is 0. The van der Waals surface area contributed by atoms with Crippen molar-refractivity contribution in [3.05, 3.63) is 57.2 Å². The maximum Gasteiger partial charge on any atom is 0.272 e. The van der Waals surface area contributed by atoms with Crippen LogP contribution < -0.4 is 5.32 Å². The average Bonchev–Trinajstić information content (AvgIpc) is 2.95. The molecule has 21 heavy (non-hydrogen) atoms. The van der Waals surface area contributed by atoms with E-state index in [1.165, 1.54) is 12.4 Å². The standard InChI is InChI=1S/C14H12N4O2S/c1-9-10(3-2-4-12(9)18(19)20)7-15-14-13-11(5-6-21-13)16-8-17-14/h2-6,8H,7H2,1H3,(H,15,16,17). The van der Waals surface area contributed by atoms with Gasteiger partial charge in [-0.1, -0.05) is 12.1 Å². The number of benzene rings is 1. The highest BCUT2D eigenvalue weighted by molar-refractivity contribution is 7.17. The zero-order valence-electron chi connectivity index (χ0n) is 11.2. The molecule has 0 aliphatic rings. The number of nitrogens with zero attached hydrogens (tertiary/aromatic N) is 3. The predicted octanol–water partition coefficient (Wildman–Crippen LogP) is 3.52. The number of anilines is 1. The molecular formula is C14H12N4O2S. The number of rotatable bonds is 4. The van der Waals surface area contributed by atoms with E-state index in [0.29, 0.717) is 12.1 Å². The largest absolute Gasteiger partial charge is 0.365 e. The van der Waals surface area contributed by atoms with Crippen LogP contribution in [0.5, 0.6) is 0 Å². The van der Waals surface area contributed by atoms with Crippen molar-refractivity contribution in [1.82, 2.24) is 9.97 Å². The number of aromatic nitrogens is 2. The minimum Gasteiger partial charge on any atom is -0.365 e. The van der Waals surface area contributed by atoms with Gasteiger partial charge < -0.3 is 5.32 Å². The Bertz CT molecular complexity index is 816. The summed E-state index contributed by atoms with van der Waals surface area (Å²) in [6.45, 7) is 2.24. The number of thiophene rings is 1. The molecule has 7 heteroatoms. The smallest absolute Gasteiger partial charge is 0.272 e. The third-order valence-corrected chi connectivity index (χ3v) is 4.21. The van der Waals surface area contributed by atoms with Gasteiger partial charge in [-0.25, -0.2) is 9.97 Å². The van der Waals surface area contributed by atoms with Crippen molar-refractivity contribution in [3.63, 3.8) is 0 Å². The molecule has 0 bridgehead atoms. The SMILES string of the molecule is Cc1c(CNc2ncnc3ccsc23)cccc1[N+](=O)[O-]. The van der Waals surface area contributed by atoms with Crippen LogP contribution >= 0.6 is 11.3 Å². The lowest BCUT2D eigenvalue weighted by Gasteiger charge is -2.09. The van der Waals surface area contributed by atoms with E-state index in [2.05, 4.69) is 15.3 Å². The van der Waals surface area contributed by atoms with E-state index in [1.807, 2.05) is 17.5 Å². The van der Waals surface area contributed by atoms with Gasteiger partial charge in [0.2, 0.25) is 0 Å². The highest BCUT2D eigenvalue weighted by Crippen LogP contribution is 2.26. The van der Waals surface area contributed by atoms with Gasteiger partial charge in [-0.3, -0.25) is 10.1 Å². The van der Waals surface area contributed by atoms with E-state index in [1.54, 1.807) is 24.3 Å². The quantitative estimate of drug-likeness (QED) is 0.589. The molecule has 2 heterocycles. The van der Waals surface area contributed by atoms with Crippen molar-refractivity contribution in [2.75, 3.05) is 5.32 Å². The molecule has 1 N–H and O–H groups in total. The molecule has 0 fully saturated rings. The topological polar surface area (TPSA) is 81.0 Å². The molecule has 0 saturated carbocycles. The number of fused-ring (bicyclic) bond motifs is 1. The highest BCUT2D eigenvalue weighted by atomic mass is 32.1. The Morgan fingerprint density at radius 2 is 2.19 bits per heavy atom. The van der Waals surface area contributed by atoms with Crippen molar-refractivity contribution in [1.29, 1.82) is 0 Å². The molecule has 1 aromatic carbocycles. The Hall–Kier alpha value is -2.54. The Morgan fingerprint density at radius 1 is 1.33 bits per heavy atom. The van der Waals surface area contributed by atoms with Gasteiger partial charge in [-0.2, -0.15) is 0 Å². The Morgan fingerprint density at radius 3 is 3.00 bits per heavy atom. The lowest BCUT2D eigenvalue weighted by Crippen LogP contribution is -2.04. The number of hydrogen-bond acceptors (Lipinski definition) is 6. The van der Waals surface area contributed by atoms with Crippen LogP contribution in [0.3, 0.4) is 0 Å². The lowest BCUT2D eigenvalue weighted by atomic mass is 10.1. The first kappa shape index (κ1) is 13.4. The van der Waals surface area contributed by atoms with Gasteiger partial charge in [0.25, 0.3) is 5.69 Å². The second-order valence-corrected chi connectivity index (χ2v) is 5.45. The van der Waals surface area contributed by atoms with Gasteiger partial charge >= 0.3 is 0 Å². The summed E-state index contributed by atoms with van der Waals surface area (Å²) >= 11 is 1.57. The van der Waals surface area contributed by atoms with Gasteiger partial charge in [-0.05, 0) is 23.9 Å². The van der Waals surface area contributed by atoms with Gasteiger partial charge in [0.05, 0.1) is 15.1 Å². The van der Waals surface area contributed by atoms with E-state index in [-0.39, 0.29) is 10.6 Å². The monoisotopic (exact) mass is 300 g/mol. The first-order valence-corrected chi connectivity index (χ1v) is 7.19. The molecule has 0 amide bonds. The summed E-state index contributed by atoms with van der Waals surface area (Å²) in [5, 5.41) is 16.1. The molecule has 0 saturated heterocycles. The molecule has 0 atom stereocenters. The summed E-state index contributed by atoms with van der Waals surface area (Å²) in [6.07, 6.45) is 1.51. The summed E-state index contributed by atoms with van der Waals surface area (Å²) in [5.74, 6) is 0.751. The molecule has 0 aliphatic carbocycles. The van der Waals surface area contributed by atoms with Crippen LogP contribution in [0.1, 0.15) is 11.1 Å². The van der Waals surface area contributed by atoms with E-state index in [0.717, 1.165) is 21.6 Å². The van der Waals surface area contributed by atoms with Crippen molar-refractivity contribution in [2.45, 2.75) is 13.5 Å². The van der Waals surface area contributed by atoms with Crippen LogP contribution in [0.25, 0.3) is 10.2 Å². The number of nitro benzene ring substituents is 1. The molecule has 3 aromatic rings. The summed E-state index contributed by atoms with van der Waals surface area (Å²) in [6, 6.07) is 7.03. The Labute approximate surface area is 124 Å². The van der Waals surface area contributed by atoms with Crippen molar-refractivity contribution < 1.29 is 4.92 Å². The maximum absolute atomic E-state index is 11.0. The first-order valence-electron chi connectivity index (χ1n) is 6.32. The fourth-order valence-electron chi connectivity index (χ4n) is 2.15. The van der Waals surface area contributed by atoms with E-state index >= 15 is 0 Å². The first-order chi connectivity index (χ1) is 10.2.